The summed E-state index contributed by atoms with van der Waals surface area (Å²) in [5.41, 5.74) is 4.85. The Morgan fingerprint density at radius 3 is 3.25 bits per heavy atom. The number of thioether (sulfide) groups is 1. The molecule has 0 aliphatic carbocycles. The van der Waals surface area contributed by atoms with E-state index in [1.165, 1.54) is 10.5 Å². The molecule has 0 unspecified atom stereocenters. The van der Waals surface area contributed by atoms with Crippen LogP contribution in [0.5, 0.6) is 0 Å². The van der Waals surface area contributed by atoms with E-state index in [1.54, 1.807) is 11.8 Å². The van der Waals surface area contributed by atoms with Crippen molar-refractivity contribution >= 4 is 29.2 Å². The molecule has 2 aliphatic rings. The van der Waals surface area contributed by atoms with E-state index >= 15 is 0 Å². The Labute approximate surface area is 97.7 Å². The highest BCUT2D eigenvalue weighted by molar-refractivity contribution is 8.00. The van der Waals surface area contributed by atoms with Crippen molar-refractivity contribution in [3.05, 3.63) is 23.8 Å². The summed E-state index contributed by atoms with van der Waals surface area (Å²) in [4.78, 5) is 14.5. The van der Waals surface area contributed by atoms with E-state index in [0.717, 1.165) is 17.3 Å². The van der Waals surface area contributed by atoms with Gasteiger partial charge in [-0.1, -0.05) is 6.07 Å². The summed E-state index contributed by atoms with van der Waals surface area (Å²) in [6.07, 6.45) is 0. The number of hydrogen-bond acceptors (Lipinski definition) is 4. The molecule has 1 aromatic carbocycles. The van der Waals surface area contributed by atoms with Gasteiger partial charge in [-0.2, -0.15) is 5.10 Å². The van der Waals surface area contributed by atoms with Gasteiger partial charge in [-0.3, -0.25) is 4.79 Å². The van der Waals surface area contributed by atoms with Crippen LogP contribution in [0.1, 0.15) is 5.56 Å². The van der Waals surface area contributed by atoms with Crippen molar-refractivity contribution in [1.29, 1.82) is 0 Å². The zero-order valence-electron chi connectivity index (χ0n) is 8.86. The van der Waals surface area contributed by atoms with Crippen LogP contribution < -0.4 is 10.3 Å². The first-order valence-electron chi connectivity index (χ1n) is 5.10. The Kier molecular flexibility index (Phi) is 2.14. The van der Waals surface area contributed by atoms with Gasteiger partial charge in [0.25, 0.3) is 5.91 Å². The van der Waals surface area contributed by atoms with Crippen LogP contribution in [-0.2, 0) is 4.79 Å². The molecule has 0 atom stereocenters. The molecule has 2 aliphatic heterocycles. The molecule has 1 aromatic rings. The van der Waals surface area contributed by atoms with Crippen molar-refractivity contribution in [1.82, 2.24) is 5.43 Å². The number of aryl methyl sites for hydroxylation is 1. The lowest BCUT2D eigenvalue weighted by molar-refractivity contribution is -0.119. The average molecular weight is 233 g/mol. The van der Waals surface area contributed by atoms with Crippen LogP contribution in [0.25, 0.3) is 0 Å². The van der Waals surface area contributed by atoms with E-state index in [9.17, 15) is 4.79 Å². The molecule has 2 heterocycles. The lowest BCUT2D eigenvalue weighted by Gasteiger charge is -2.33. The number of hydrazone groups is 1. The highest BCUT2D eigenvalue weighted by Crippen LogP contribution is 2.36. The van der Waals surface area contributed by atoms with Crippen LogP contribution in [-0.4, -0.2) is 24.0 Å². The minimum Gasteiger partial charge on any atom is -0.317 e. The minimum atomic E-state index is -0.0535. The maximum Gasteiger partial charge on any atom is 0.260 e. The van der Waals surface area contributed by atoms with Gasteiger partial charge in [0, 0.05) is 4.90 Å². The molecule has 1 amide bonds. The molecule has 3 rings (SSSR count). The third-order valence-corrected chi connectivity index (χ3v) is 3.73. The smallest absolute Gasteiger partial charge is 0.260 e. The molecular formula is C11H11N3OS. The monoisotopic (exact) mass is 233 g/mol. The molecule has 4 nitrogen and oxygen atoms in total. The van der Waals surface area contributed by atoms with E-state index in [0.29, 0.717) is 6.54 Å². The van der Waals surface area contributed by atoms with Crippen molar-refractivity contribution in [2.75, 3.05) is 17.2 Å². The predicted molar refractivity (Wildman–Crippen MR) is 64.8 cm³/mol. The number of carbonyl (C=O) groups is 1. The van der Waals surface area contributed by atoms with Crippen LogP contribution in [0.2, 0.25) is 0 Å². The maximum atomic E-state index is 11.3. The molecule has 5 heteroatoms. The standard InChI is InChI=1S/C11H11N3OS/c1-7-2-3-8-9(4-7)16-6-10-12-13-11(15)5-14(8)10/h2-4H,5-6H2,1H3,(H,13,15). The fourth-order valence-corrected chi connectivity index (χ4v) is 2.99. The van der Waals surface area contributed by atoms with Crippen molar-refractivity contribution in [3.63, 3.8) is 0 Å². The number of nitrogens with zero attached hydrogens (tertiary/aromatic N) is 2. The van der Waals surface area contributed by atoms with Crippen LogP contribution >= 0.6 is 11.8 Å². The fraction of sp³-hybridized carbons (Fsp3) is 0.273. The first kappa shape index (κ1) is 9.72. The van der Waals surface area contributed by atoms with Gasteiger partial charge in [-0.05, 0) is 24.6 Å². The summed E-state index contributed by atoms with van der Waals surface area (Å²) < 4.78 is 0. The van der Waals surface area contributed by atoms with Crippen LogP contribution in [0.4, 0.5) is 5.69 Å². The molecule has 16 heavy (non-hydrogen) atoms. The van der Waals surface area contributed by atoms with Crippen molar-refractivity contribution < 1.29 is 4.79 Å². The number of anilines is 1. The molecule has 82 valence electrons. The summed E-state index contributed by atoms with van der Waals surface area (Å²) in [5, 5.41) is 4.08. The summed E-state index contributed by atoms with van der Waals surface area (Å²) >= 11 is 1.77. The van der Waals surface area contributed by atoms with E-state index < -0.39 is 0 Å². The van der Waals surface area contributed by atoms with Crippen LogP contribution in [0, 0.1) is 6.92 Å². The number of amidine groups is 1. The van der Waals surface area contributed by atoms with Crippen molar-refractivity contribution in [3.8, 4) is 0 Å². The fourth-order valence-electron chi connectivity index (χ4n) is 1.89. The Balaban J connectivity index is 2.08. The van der Waals surface area contributed by atoms with E-state index in [-0.39, 0.29) is 5.91 Å². The second-order valence-electron chi connectivity index (χ2n) is 3.91. The van der Waals surface area contributed by atoms with Crippen LogP contribution in [0.15, 0.2) is 28.2 Å². The second-order valence-corrected chi connectivity index (χ2v) is 4.93. The maximum absolute atomic E-state index is 11.3. The van der Waals surface area contributed by atoms with Gasteiger partial charge in [-0.15, -0.1) is 11.8 Å². The van der Waals surface area contributed by atoms with Gasteiger partial charge in [0.05, 0.1) is 11.4 Å². The number of hydrogen-bond donors (Lipinski definition) is 1. The number of rotatable bonds is 0. The SMILES string of the molecule is Cc1ccc2c(c1)SCC1=NNC(=O)CN12. The van der Waals surface area contributed by atoms with Gasteiger partial charge < -0.3 is 4.90 Å². The van der Waals surface area contributed by atoms with Gasteiger partial charge in [0.1, 0.15) is 12.4 Å². The lowest BCUT2D eigenvalue weighted by atomic mass is 10.2. The largest absolute Gasteiger partial charge is 0.317 e. The van der Waals surface area contributed by atoms with E-state index in [4.69, 9.17) is 0 Å². The van der Waals surface area contributed by atoms with Gasteiger partial charge >= 0.3 is 0 Å². The molecule has 0 bridgehead atoms. The molecule has 0 aromatic heterocycles. The Morgan fingerprint density at radius 2 is 2.38 bits per heavy atom. The van der Waals surface area contributed by atoms with Gasteiger partial charge in [0.2, 0.25) is 0 Å². The number of nitrogens with one attached hydrogen (secondary N) is 1. The quantitative estimate of drug-likeness (QED) is 0.735. The molecule has 0 radical (unpaired) electrons. The highest BCUT2D eigenvalue weighted by atomic mass is 32.2. The zero-order valence-corrected chi connectivity index (χ0v) is 9.67. The highest BCUT2D eigenvalue weighted by Gasteiger charge is 2.27. The molecular weight excluding hydrogens is 222 g/mol. The topological polar surface area (TPSA) is 44.7 Å². The van der Waals surface area contributed by atoms with E-state index in [1.807, 2.05) is 4.90 Å². The minimum absolute atomic E-state index is 0.0535. The molecule has 0 spiro atoms. The summed E-state index contributed by atoms with van der Waals surface area (Å²) in [6, 6.07) is 6.28. The Morgan fingerprint density at radius 1 is 1.50 bits per heavy atom. The Hall–Kier alpha value is -1.49. The second kappa shape index (κ2) is 3.52. The van der Waals surface area contributed by atoms with Crippen molar-refractivity contribution in [2.24, 2.45) is 5.10 Å². The van der Waals surface area contributed by atoms with Gasteiger partial charge in [-0.25, -0.2) is 5.43 Å². The first-order valence-corrected chi connectivity index (χ1v) is 6.09. The normalized spacial score (nSPS) is 18.4. The summed E-state index contributed by atoms with van der Waals surface area (Å²) in [5.74, 6) is 1.69. The predicted octanol–water partition coefficient (Wildman–Crippen LogP) is 1.35. The number of fused-ring (bicyclic) bond motifs is 3. The molecule has 0 fully saturated rings. The first-order chi connectivity index (χ1) is 7.74. The van der Waals surface area contributed by atoms with Crippen LogP contribution in [0.3, 0.4) is 0 Å². The molecule has 0 saturated heterocycles. The summed E-state index contributed by atoms with van der Waals surface area (Å²) in [6.45, 7) is 2.45. The molecule has 0 saturated carbocycles. The average Bonchev–Trinajstić information content (AvgIpc) is 2.28. The van der Waals surface area contributed by atoms with Crippen molar-refractivity contribution in [2.45, 2.75) is 11.8 Å². The lowest BCUT2D eigenvalue weighted by Crippen LogP contribution is -2.48. The number of amides is 1. The van der Waals surface area contributed by atoms with E-state index in [2.05, 4.69) is 35.7 Å². The molecule has 1 N–H and O–H groups in total. The number of carbonyl (C=O) groups excluding carboxylic acids is 1. The zero-order chi connectivity index (χ0) is 11.1. The Bertz CT molecular complexity index is 498. The number of benzene rings is 1. The van der Waals surface area contributed by atoms with Gasteiger partial charge in [0.15, 0.2) is 0 Å². The third kappa shape index (κ3) is 1.48. The third-order valence-electron chi connectivity index (χ3n) is 2.69. The summed E-state index contributed by atoms with van der Waals surface area (Å²) in [7, 11) is 0.